The van der Waals surface area contributed by atoms with Crippen molar-refractivity contribution in [3.05, 3.63) is 11.6 Å². The second-order valence-corrected chi connectivity index (χ2v) is 2.60. The second-order valence-electron chi connectivity index (χ2n) is 2.60. The first-order valence-corrected chi connectivity index (χ1v) is 3.37. The minimum absolute atomic E-state index is 0. The third kappa shape index (κ3) is 7.91. The quantitative estimate of drug-likeness (QED) is 0.664. The van der Waals surface area contributed by atoms with Gasteiger partial charge in [-0.25, -0.2) is 0 Å². The maximum absolute atomic E-state index is 10.0. The van der Waals surface area contributed by atoms with Crippen LogP contribution in [0.2, 0.25) is 0 Å². The van der Waals surface area contributed by atoms with E-state index in [1.807, 2.05) is 13.8 Å². The van der Waals surface area contributed by atoms with Crippen molar-refractivity contribution in [3.63, 3.8) is 0 Å². The van der Waals surface area contributed by atoms with Crippen molar-refractivity contribution in [3.8, 4) is 6.07 Å². The molecule has 0 aliphatic heterocycles. The van der Waals surface area contributed by atoms with Crippen LogP contribution in [0.3, 0.4) is 0 Å². The Morgan fingerprint density at radius 3 is 2.42 bits per heavy atom. The molecule has 0 atom stereocenters. The molecule has 0 saturated heterocycles. The summed E-state index contributed by atoms with van der Waals surface area (Å²) in [6.45, 7) is 3.76. The summed E-state index contributed by atoms with van der Waals surface area (Å²) in [5.41, 5.74) is 0.264. The van der Waals surface area contributed by atoms with Crippen molar-refractivity contribution in [1.29, 1.82) is 5.26 Å². The molecule has 4 heteroatoms. The normalized spacial score (nSPS) is 10.3. The number of aliphatic carboxylic acids is 1. The first-order valence-electron chi connectivity index (χ1n) is 3.37. The molecule has 0 aromatic rings. The SMILES string of the molecule is CC(C)C=C(C#N)CC(=O)[O-].[Y]. The summed E-state index contributed by atoms with van der Waals surface area (Å²) in [4.78, 5) is 10.0. The van der Waals surface area contributed by atoms with E-state index >= 15 is 0 Å². The van der Waals surface area contributed by atoms with Crippen LogP contribution in [0.15, 0.2) is 11.6 Å². The average Bonchev–Trinajstić information content (AvgIpc) is 1.84. The van der Waals surface area contributed by atoms with Gasteiger partial charge in [-0.3, -0.25) is 0 Å². The van der Waals surface area contributed by atoms with Gasteiger partial charge in [0.15, 0.2) is 0 Å². The molecular weight excluding hydrogens is 231 g/mol. The van der Waals surface area contributed by atoms with Crippen molar-refractivity contribution in [2.45, 2.75) is 20.3 Å². The Labute approximate surface area is 97.3 Å². The fourth-order valence-corrected chi connectivity index (χ4v) is 0.694. The minimum Gasteiger partial charge on any atom is -0.550 e. The van der Waals surface area contributed by atoms with Crippen LogP contribution >= 0.6 is 0 Å². The van der Waals surface area contributed by atoms with E-state index in [2.05, 4.69) is 0 Å². The van der Waals surface area contributed by atoms with E-state index < -0.39 is 5.97 Å². The topological polar surface area (TPSA) is 63.9 Å². The number of nitriles is 1. The van der Waals surface area contributed by atoms with Gasteiger partial charge < -0.3 is 9.90 Å². The molecule has 0 saturated carbocycles. The number of carbonyl (C=O) groups excluding carboxylic acids is 1. The summed E-state index contributed by atoms with van der Waals surface area (Å²) in [6.07, 6.45) is 1.34. The van der Waals surface area contributed by atoms with E-state index in [-0.39, 0.29) is 50.6 Å². The fourth-order valence-electron chi connectivity index (χ4n) is 0.694. The average molecular weight is 241 g/mol. The van der Waals surface area contributed by atoms with Crippen molar-refractivity contribution in [2.24, 2.45) is 5.92 Å². The van der Waals surface area contributed by atoms with Gasteiger partial charge in [0.2, 0.25) is 0 Å². The Kier molecular flexibility index (Phi) is 8.90. The smallest absolute Gasteiger partial charge is 0.0947 e. The third-order valence-electron chi connectivity index (χ3n) is 1.01. The molecular formula is C8H10NO2Y-. The predicted molar refractivity (Wildman–Crippen MR) is 38.2 cm³/mol. The van der Waals surface area contributed by atoms with Crippen molar-refractivity contribution in [1.82, 2.24) is 0 Å². The molecule has 0 heterocycles. The Morgan fingerprint density at radius 1 is 1.67 bits per heavy atom. The standard InChI is InChI=1S/C8H11NO2.Y/c1-6(2)3-7(5-9)4-8(10)11;/h3,6H,4H2,1-2H3,(H,10,11);/p-1. The van der Waals surface area contributed by atoms with Crippen LogP contribution in [0.25, 0.3) is 0 Å². The number of carboxylic acids is 1. The molecule has 0 amide bonds. The van der Waals surface area contributed by atoms with Gasteiger partial charge >= 0.3 is 0 Å². The van der Waals surface area contributed by atoms with E-state index in [0.717, 1.165) is 0 Å². The molecule has 0 aliphatic carbocycles. The molecule has 0 unspecified atom stereocenters. The number of rotatable bonds is 3. The van der Waals surface area contributed by atoms with Gasteiger partial charge in [-0.1, -0.05) is 19.9 Å². The monoisotopic (exact) mass is 241 g/mol. The molecule has 0 aliphatic rings. The zero-order chi connectivity index (χ0) is 8.85. The van der Waals surface area contributed by atoms with E-state index in [9.17, 15) is 9.90 Å². The summed E-state index contributed by atoms with van der Waals surface area (Å²) < 4.78 is 0. The molecule has 1 radical (unpaired) electrons. The number of nitrogens with zero attached hydrogens (tertiary/aromatic N) is 1. The second kappa shape index (κ2) is 7.45. The molecule has 0 bridgehead atoms. The number of hydrogen-bond donors (Lipinski definition) is 0. The van der Waals surface area contributed by atoms with Crippen LogP contribution < -0.4 is 5.11 Å². The first kappa shape index (κ1) is 14.3. The Bertz CT molecular complexity index is 216. The summed E-state index contributed by atoms with van der Waals surface area (Å²) in [5, 5.41) is 18.5. The van der Waals surface area contributed by atoms with Gasteiger partial charge in [0.1, 0.15) is 0 Å². The van der Waals surface area contributed by atoms with Crippen LogP contribution in [0.5, 0.6) is 0 Å². The van der Waals surface area contributed by atoms with Gasteiger partial charge in [0.05, 0.1) is 6.07 Å². The van der Waals surface area contributed by atoms with Gasteiger partial charge in [-0.05, 0) is 5.92 Å². The van der Waals surface area contributed by atoms with Gasteiger partial charge in [-0.15, -0.1) is 0 Å². The van der Waals surface area contributed by atoms with Crippen molar-refractivity contribution < 1.29 is 42.6 Å². The molecule has 0 fully saturated rings. The van der Waals surface area contributed by atoms with Crippen molar-refractivity contribution in [2.75, 3.05) is 0 Å². The van der Waals surface area contributed by atoms with E-state index in [0.29, 0.717) is 0 Å². The molecule has 0 spiro atoms. The number of allylic oxidation sites excluding steroid dienone is 1. The zero-order valence-electron chi connectivity index (χ0n) is 7.20. The molecule has 0 N–H and O–H groups in total. The Morgan fingerprint density at radius 2 is 2.17 bits per heavy atom. The van der Waals surface area contributed by atoms with E-state index in [1.165, 1.54) is 0 Å². The largest absolute Gasteiger partial charge is 0.550 e. The summed E-state index contributed by atoms with van der Waals surface area (Å²) in [7, 11) is 0. The number of carboxylic acid groups (broad SMARTS) is 1. The maximum atomic E-state index is 10.0. The predicted octanol–water partition coefficient (Wildman–Crippen LogP) is 0.230. The molecule has 0 rings (SSSR count). The fraction of sp³-hybridized carbons (Fsp3) is 0.500. The minimum atomic E-state index is -1.21. The third-order valence-corrected chi connectivity index (χ3v) is 1.01. The zero-order valence-corrected chi connectivity index (χ0v) is 10.0. The van der Waals surface area contributed by atoms with Crippen LogP contribution in [0, 0.1) is 17.2 Å². The van der Waals surface area contributed by atoms with E-state index in [1.54, 1.807) is 12.1 Å². The number of hydrogen-bond acceptors (Lipinski definition) is 3. The number of carbonyl (C=O) groups is 1. The Balaban J connectivity index is 0. The van der Waals surface area contributed by atoms with Crippen LogP contribution in [0.1, 0.15) is 20.3 Å². The molecule has 0 aromatic heterocycles. The first-order chi connectivity index (χ1) is 5.06. The van der Waals surface area contributed by atoms with Crippen LogP contribution in [-0.2, 0) is 37.5 Å². The van der Waals surface area contributed by atoms with Crippen LogP contribution in [0.4, 0.5) is 0 Å². The Hall–Kier alpha value is -0.196. The van der Waals surface area contributed by atoms with Gasteiger partial charge in [-0.2, -0.15) is 5.26 Å². The summed E-state index contributed by atoms with van der Waals surface area (Å²) in [6, 6.07) is 1.80. The van der Waals surface area contributed by atoms with Gasteiger partial charge in [0, 0.05) is 50.7 Å². The van der Waals surface area contributed by atoms with E-state index in [4.69, 9.17) is 5.26 Å². The molecule has 3 nitrogen and oxygen atoms in total. The van der Waals surface area contributed by atoms with Crippen molar-refractivity contribution >= 4 is 5.97 Å². The maximum Gasteiger partial charge on any atom is 0.0947 e. The van der Waals surface area contributed by atoms with Gasteiger partial charge in [0.25, 0.3) is 0 Å². The molecule has 0 aromatic carbocycles. The summed E-state index contributed by atoms with van der Waals surface area (Å²) >= 11 is 0. The molecule has 12 heavy (non-hydrogen) atoms. The molecule has 63 valence electrons. The van der Waals surface area contributed by atoms with Crippen LogP contribution in [-0.4, -0.2) is 5.97 Å². The summed E-state index contributed by atoms with van der Waals surface area (Å²) in [5.74, 6) is -1.01.